The lowest BCUT2D eigenvalue weighted by Gasteiger charge is -2.09. The molecule has 0 aromatic rings. The van der Waals surface area contributed by atoms with E-state index in [0.717, 1.165) is 0 Å². The highest BCUT2D eigenvalue weighted by molar-refractivity contribution is 7.91. The van der Waals surface area contributed by atoms with E-state index in [-0.39, 0.29) is 11.5 Å². The summed E-state index contributed by atoms with van der Waals surface area (Å²) >= 11 is 0. The quantitative estimate of drug-likeness (QED) is 0.598. The van der Waals surface area contributed by atoms with Gasteiger partial charge in [-0.2, -0.15) is 13.1 Å². The van der Waals surface area contributed by atoms with E-state index in [1.54, 1.807) is 0 Å². The van der Waals surface area contributed by atoms with Crippen LogP contribution in [-0.4, -0.2) is 41.4 Å². The van der Waals surface area contributed by atoms with Crippen LogP contribution >= 0.6 is 0 Å². The minimum Gasteiger partial charge on any atom is -0.229 e. The molecule has 0 saturated carbocycles. The average Bonchev–Trinajstić information content (AvgIpc) is 2.29. The van der Waals surface area contributed by atoms with E-state index in [4.69, 9.17) is 0 Å². The average molecular weight is 228 g/mol. The van der Waals surface area contributed by atoms with Crippen LogP contribution in [0.15, 0.2) is 0 Å². The van der Waals surface area contributed by atoms with Crippen LogP contribution < -0.4 is 9.44 Å². The molecule has 2 N–H and O–H groups in total. The summed E-state index contributed by atoms with van der Waals surface area (Å²) in [7, 11) is -5.28. The van der Waals surface area contributed by atoms with Crippen molar-refractivity contribution in [2.75, 3.05) is 18.6 Å². The first kappa shape index (κ1) is 10.9. The van der Waals surface area contributed by atoms with Crippen molar-refractivity contribution >= 4 is 20.0 Å². The number of nitrogens with one attached hydrogen (secondary N) is 2. The van der Waals surface area contributed by atoms with Crippen LogP contribution in [0.1, 0.15) is 6.42 Å². The summed E-state index contributed by atoms with van der Waals surface area (Å²) in [4.78, 5) is 0. The third kappa shape index (κ3) is 3.22. The first-order valence-electron chi connectivity index (χ1n) is 3.76. The lowest BCUT2D eigenvalue weighted by atomic mass is 10.3. The van der Waals surface area contributed by atoms with E-state index in [2.05, 4.69) is 9.44 Å². The lowest BCUT2D eigenvalue weighted by Crippen LogP contribution is -2.41. The second-order valence-corrected chi connectivity index (χ2v) is 6.80. The van der Waals surface area contributed by atoms with Crippen LogP contribution in [-0.2, 0) is 20.0 Å². The molecule has 1 unspecified atom stereocenters. The highest BCUT2D eigenvalue weighted by Crippen LogP contribution is 2.11. The summed E-state index contributed by atoms with van der Waals surface area (Å²) in [6.07, 6.45) is 0.350. The number of rotatable bonds is 3. The van der Waals surface area contributed by atoms with Gasteiger partial charge in [0, 0.05) is 13.1 Å². The molecule has 1 fully saturated rings. The third-order valence-electron chi connectivity index (χ3n) is 1.82. The fourth-order valence-corrected chi connectivity index (χ4v) is 3.70. The van der Waals surface area contributed by atoms with Gasteiger partial charge in [0.2, 0.25) is 0 Å². The Hall–Kier alpha value is -0.180. The largest absolute Gasteiger partial charge is 0.276 e. The zero-order valence-corrected chi connectivity index (χ0v) is 8.78. The zero-order valence-electron chi connectivity index (χ0n) is 7.15. The van der Waals surface area contributed by atoms with E-state index < -0.39 is 26.1 Å². The van der Waals surface area contributed by atoms with Crippen LogP contribution in [0, 0.1) is 0 Å². The van der Waals surface area contributed by atoms with Crippen LogP contribution in [0.25, 0.3) is 0 Å². The van der Waals surface area contributed by atoms with Crippen molar-refractivity contribution < 1.29 is 16.8 Å². The first-order chi connectivity index (χ1) is 5.85. The Morgan fingerprint density at radius 1 is 1.38 bits per heavy atom. The topological polar surface area (TPSA) is 92.3 Å². The molecule has 0 amide bonds. The Morgan fingerprint density at radius 3 is 2.38 bits per heavy atom. The monoisotopic (exact) mass is 228 g/mol. The van der Waals surface area contributed by atoms with E-state index in [1.165, 1.54) is 7.05 Å². The second kappa shape index (κ2) is 3.52. The van der Waals surface area contributed by atoms with Gasteiger partial charge in [0.1, 0.15) is 0 Å². The van der Waals surface area contributed by atoms with Gasteiger partial charge in [-0.1, -0.05) is 0 Å². The first-order valence-corrected chi connectivity index (χ1v) is 7.06. The molecule has 8 heteroatoms. The smallest absolute Gasteiger partial charge is 0.229 e. The van der Waals surface area contributed by atoms with E-state index in [9.17, 15) is 16.8 Å². The summed E-state index contributed by atoms with van der Waals surface area (Å²) < 4.78 is 48.1. The third-order valence-corrected chi connectivity index (χ3v) is 4.77. The van der Waals surface area contributed by atoms with Crippen molar-refractivity contribution in [3.8, 4) is 0 Å². The SMILES string of the molecule is CNS(=O)(=O)NC1CCS(=O)(=O)C1. The second-order valence-electron chi connectivity index (χ2n) is 2.93. The van der Waals surface area contributed by atoms with Crippen LogP contribution in [0.4, 0.5) is 0 Å². The Kier molecular flexibility index (Phi) is 2.95. The molecule has 13 heavy (non-hydrogen) atoms. The summed E-state index contributed by atoms with van der Waals surface area (Å²) in [5.41, 5.74) is 0. The Bertz CT molecular complexity index is 371. The van der Waals surface area contributed by atoms with Crippen molar-refractivity contribution in [1.29, 1.82) is 0 Å². The van der Waals surface area contributed by atoms with Crippen LogP contribution in [0.5, 0.6) is 0 Å². The normalized spacial score (nSPS) is 27.6. The van der Waals surface area contributed by atoms with Crippen molar-refractivity contribution in [1.82, 2.24) is 9.44 Å². The van der Waals surface area contributed by atoms with Gasteiger partial charge in [0.15, 0.2) is 9.84 Å². The standard InChI is InChI=1S/C5H12N2O4S2/c1-6-13(10,11)7-5-2-3-12(8,9)4-5/h5-7H,2-4H2,1H3. The van der Waals surface area contributed by atoms with Gasteiger partial charge in [-0.15, -0.1) is 0 Å². The molecule has 1 saturated heterocycles. The van der Waals surface area contributed by atoms with Crippen LogP contribution in [0.3, 0.4) is 0 Å². The van der Waals surface area contributed by atoms with Crippen molar-refractivity contribution in [2.45, 2.75) is 12.5 Å². The fourth-order valence-electron chi connectivity index (χ4n) is 1.17. The van der Waals surface area contributed by atoms with Crippen molar-refractivity contribution in [3.05, 3.63) is 0 Å². The predicted molar refractivity (Wildman–Crippen MR) is 48.2 cm³/mol. The minimum absolute atomic E-state index is 0.0594. The Balaban J connectivity index is 2.60. The molecule has 1 atom stereocenters. The molecule has 0 bridgehead atoms. The molecule has 0 radical (unpaired) electrons. The molecular formula is C5H12N2O4S2. The molecule has 0 aliphatic carbocycles. The summed E-state index contributed by atoms with van der Waals surface area (Å²) in [6.45, 7) is 0. The molecule has 1 rings (SSSR count). The summed E-state index contributed by atoms with van der Waals surface area (Å²) in [6, 6.07) is -0.484. The molecule has 0 aromatic carbocycles. The van der Waals surface area contributed by atoms with Gasteiger partial charge in [0.25, 0.3) is 10.2 Å². The van der Waals surface area contributed by atoms with Gasteiger partial charge in [-0.3, -0.25) is 0 Å². The van der Waals surface area contributed by atoms with Gasteiger partial charge in [-0.05, 0) is 6.42 Å². The number of hydrogen-bond donors (Lipinski definition) is 2. The van der Waals surface area contributed by atoms with Gasteiger partial charge < -0.3 is 0 Å². The van der Waals surface area contributed by atoms with Crippen LogP contribution in [0.2, 0.25) is 0 Å². The van der Waals surface area contributed by atoms with E-state index in [1.807, 2.05) is 0 Å². The number of sulfone groups is 1. The molecule has 1 aliphatic rings. The molecule has 6 nitrogen and oxygen atoms in total. The van der Waals surface area contributed by atoms with Crippen molar-refractivity contribution in [2.24, 2.45) is 0 Å². The maximum atomic E-state index is 11.0. The molecular weight excluding hydrogens is 216 g/mol. The Morgan fingerprint density at radius 2 is 2.00 bits per heavy atom. The maximum absolute atomic E-state index is 11.0. The molecule has 1 heterocycles. The van der Waals surface area contributed by atoms with Gasteiger partial charge in [0.05, 0.1) is 11.5 Å². The number of hydrogen-bond acceptors (Lipinski definition) is 4. The highest BCUT2D eigenvalue weighted by atomic mass is 32.2. The predicted octanol–water partition coefficient (Wildman–Crippen LogP) is -1.77. The zero-order chi connectivity index (χ0) is 10.1. The lowest BCUT2D eigenvalue weighted by molar-refractivity contribution is 0.554. The minimum atomic E-state index is -3.52. The summed E-state index contributed by atoms with van der Waals surface area (Å²) in [5.74, 6) is -0.0438. The van der Waals surface area contributed by atoms with Crippen molar-refractivity contribution in [3.63, 3.8) is 0 Å². The van der Waals surface area contributed by atoms with Gasteiger partial charge in [-0.25, -0.2) is 13.1 Å². The fraction of sp³-hybridized carbons (Fsp3) is 1.00. The van der Waals surface area contributed by atoms with Gasteiger partial charge >= 0.3 is 0 Å². The summed E-state index contributed by atoms with van der Waals surface area (Å²) in [5, 5.41) is 0. The molecule has 78 valence electrons. The molecule has 1 aliphatic heterocycles. The maximum Gasteiger partial charge on any atom is 0.276 e. The molecule has 0 spiro atoms. The Labute approximate surface area is 77.8 Å². The molecule has 0 aromatic heterocycles. The van der Waals surface area contributed by atoms with E-state index in [0.29, 0.717) is 6.42 Å². The van der Waals surface area contributed by atoms with E-state index >= 15 is 0 Å². The highest BCUT2D eigenvalue weighted by Gasteiger charge is 2.30.